The van der Waals surface area contributed by atoms with Crippen molar-refractivity contribution in [3.8, 4) is 5.75 Å². The van der Waals surface area contributed by atoms with Crippen LogP contribution in [0, 0.1) is 0 Å². The standard InChI is InChI=1S/C13H19NO5S/c1-3-8-14(10-13(16)19-4-2)20(17,18)12-7-5-6-11(15)9-12/h5-7,9,15H,3-4,8,10H2,1-2H3. The van der Waals surface area contributed by atoms with Crippen LogP contribution in [-0.4, -0.2) is 43.5 Å². The first-order valence-corrected chi connectivity index (χ1v) is 7.80. The Morgan fingerprint density at radius 3 is 2.60 bits per heavy atom. The van der Waals surface area contributed by atoms with Gasteiger partial charge in [0.1, 0.15) is 12.3 Å². The molecule has 0 heterocycles. The third-order valence-electron chi connectivity index (χ3n) is 2.54. The lowest BCUT2D eigenvalue weighted by molar-refractivity contribution is -0.143. The van der Waals surface area contributed by atoms with E-state index in [1.165, 1.54) is 18.2 Å². The largest absolute Gasteiger partial charge is 0.508 e. The molecule has 20 heavy (non-hydrogen) atoms. The molecule has 0 saturated carbocycles. The topological polar surface area (TPSA) is 83.9 Å². The van der Waals surface area contributed by atoms with Gasteiger partial charge in [0, 0.05) is 6.54 Å². The molecule has 0 amide bonds. The second-order valence-corrected chi connectivity index (χ2v) is 6.08. The number of hydrogen-bond donors (Lipinski definition) is 1. The number of phenols is 1. The molecule has 1 aromatic carbocycles. The van der Waals surface area contributed by atoms with E-state index in [0.717, 1.165) is 10.4 Å². The van der Waals surface area contributed by atoms with E-state index in [-0.39, 0.29) is 30.3 Å². The summed E-state index contributed by atoms with van der Waals surface area (Å²) in [5.41, 5.74) is 0. The Morgan fingerprint density at radius 1 is 1.35 bits per heavy atom. The highest BCUT2D eigenvalue weighted by atomic mass is 32.2. The van der Waals surface area contributed by atoms with Crippen molar-refractivity contribution >= 4 is 16.0 Å². The summed E-state index contributed by atoms with van der Waals surface area (Å²) in [6, 6.07) is 5.36. The molecule has 0 aromatic heterocycles. The third-order valence-corrected chi connectivity index (χ3v) is 4.38. The number of esters is 1. The Hall–Kier alpha value is -1.60. The molecule has 0 aliphatic carbocycles. The summed E-state index contributed by atoms with van der Waals surface area (Å²) >= 11 is 0. The van der Waals surface area contributed by atoms with E-state index < -0.39 is 16.0 Å². The maximum absolute atomic E-state index is 12.4. The van der Waals surface area contributed by atoms with Crippen molar-refractivity contribution in [2.45, 2.75) is 25.2 Å². The van der Waals surface area contributed by atoms with Crippen molar-refractivity contribution in [1.82, 2.24) is 4.31 Å². The number of carbonyl (C=O) groups is 1. The third kappa shape index (κ3) is 4.21. The van der Waals surface area contributed by atoms with Gasteiger partial charge in [-0.15, -0.1) is 0 Å². The number of phenolic OH excluding ortho intramolecular Hbond substituents is 1. The predicted molar refractivity (Wildman–Crippen MR) is 73.8 cm³/mol. The summed E-state index contributed by atoms with van der Waals surface area (Å²) < 4.78 is 30.7. The van der Waals surface area contributed by atoms with Crippen LogP contribution in [0.25, 0.3) is 0 Å². The minimum absolute atomic E-state index is 0.0461. The smallest absolute Gasteiger partial charge is 0.321 e. The zero-order valence-electron chi connectivity index (χ0n) is 11.6. The van der Waals surface area contributed by atoms with Crippen molar-refractivity contribution in [2.24, 2.45) is 0 Å². The van der Waals surface area contributed by atoms with Crippen LogP contribution in [0.3, 0.4) is 0 Å². The van der Waals surface area contributed by atoms with Gasteiger partial charge in [0.05, 0.1) is 11.5 Å². The van der Waals surface area contributed by atoms with Gasteiger partial charge in [-0.2, -0.15) is 4.31 Å². The summed E-state index contributed by atoms with van der Waals surface area (Å²) in [6.45, 7) is 3.55. The monoisotopic (exact) mass is 301 g/mol. The van der Waals surface area contributed by atoms with Gasteiger partial charge in [-0.05, 0) is 31.5 Å². The van der Waals surface area contributed by atoms with E-state index >= 15 is 0 Å². The normalized spacial score (nSPS) is 11.6. The van der Waals surface area contributed by atoms with E-state index in [4.69, 9.17) is 4.74 Å². The fourth-order valence-corrected chi connectivity index (χ4v) is 3.19. The molecule has 6 nitrogen and oxygen atoms in total. The molecule has 0 atom stereocenters. The molecule has 1 rings (SSSR count). The molecule has 7 heteroatoms. The van der Waals surface area contributed by atoms with E-state index in [9.17, 15) is 18.3 Å². The number of aromatic hydroxyl groups is 1. The van der Waals surface area contributed by atoms with E-state index in [1.54, 1.807) is 6.92 Å². The predicted octanol–water partition coefficient (Wildman–Crippen LogP) is 1.36. The summed E-state index contributed by atoms with van der Waals surface area (Å²) in [4.78, 5) is 11.4. The highest BCUT2D eigenvalue weighted by Gasteiger charge is 2.26. The molecule has 0 spiro atoms. The summed E-state index contributed by atoms with van der Waals surface area (Å²) in [5.74, 6) is -0.733. The Morgan fingerprint density at radius 2 is 2.05 bits per heavy atom. The molecule has 0 unspecified atom stereocenters. The fourth-order valence-electron chi connectivity index (χ4n) is 1.68. The lowest BCUT2D eigenvalue weighted by Crippen LogP contribution is -2.37. The molecule has 0 saturated heterocycles. The lowest BCUT2D eigenvalue weighted by atomic mass is 10.3. The Kier molecular flexibility index (Phi) is 5.97. The molecule has 1 aromatic rings. The van der Waals surface area contributed by atoms with Gasteiger partial charge in [0.25, 0.3) is 0 Å². The van der Waals surface area contributed by atoms with Gasteiger partial charge in [0.2, 0.25) is 10.0 Å². The number of carbonyl (C=O) groups excluding carboxylic acids is 1. The van der Waals surface area contributed by atoms with E-state index in [0.29, 0.717) is 6.42 Å². The van der Waals surface area contributed by atoms with Gasteiger partial charge in [0.15, 0.2) is 0 Å². The Labute approximate surface area is 119 Å². The van der Waals surface area contributed by atoms with Crippen LogP contribution in [0.2, 0.25) is 0 Å². The van der Waals surface area contributed by atoms with Gasteiger partial charge in [-0.25, -0.2) is 8.42 Å². The first-order valence-electron chi connectivity index (χ1n) is 6.36. The number of sulfonamides is 1. The minimum Gasteiger partial charge on any atom is -0.508 e. The number of rotatable bonds is 7. The molecule has 0 aliphatic rings. The number of nitrogens with zero attached hydrogens (tertiary/aromatic N) is 1. The molecule has 112 valence electrons. The summed E-state index contributed by atoms with van der Waals surface area (Å²) in [6.07, 6.45) is 0.567. The summed E-state index contributed by atoms with van der Waals surface area (Å²) in [7, 11) is -3.83. The minimum atomic E-state index is -3.83. The van der Waals surface area contributed by atoms with Crippen LogP contribution < -0.4 is 0 Å². The SMILES string of the molecule is CCCN(CC(=O)OCC)S(=O)(=O)c1cccc(O)c1. The van der Waals surface area contributed by atoms with Crippen LogP contribution >= 0.6 is 0 Å². The lowest BCUT2D eigenvalue weighted by Gasteiger charge is -2.20. The quantitative estimate of drug-likeness (QED) is 0.769. The number of benzene rings is 1. The van der Waals surface area contributed by atoms with E-state index in [1.807, 2.05) is 6.92 Å². The van der Waals surface area contributed by atoms with Crippen LogP contribution in [-0.2, 0) is 19.6 Å². The molecule has 0 bridgehead atoms. The second kappa shape index (κ2) is 7.25. The second-order valence-electron chi connectivity index (χ2n) is 4.14. The van der Waals surface area contributed by atoms with Crippen molar-refractivity contribution < 1.29 is 23.1 Å². The maximum atomic E-state index is 12.4. The van der Waals surface area contributed by atoms with Crippen molar-refractivity contribution in [3.05, 3.63) is 24.3 Å². The van der Waals surface area contributed by atoms with Crippen molar-refractivity contribution in [1.29, 1.82) is 0 Å². The van der Waals surface area contributed by atoms with E-state index in [2.05, 4.69) is 0 Å². The molecular formula is C13H19NO5S. The molecule has 1 N–H and O–H groups in total. The van der Waals surface area contributed by atoms with Crippen LogP contribution in [0.5, 0.6) is 5.75 Å². The fraction of sp³-hybridized carbons (Fsp3) is 0.462. The number of hydrogen-bond acceptors (Lipinski definition) is 5. The molecule has 0 aliphatic heterocycles. The Balaban J connectivity index is 3.03. The van der Waals surface area contributed by atoms with Gasteiger partial charge in [-0.1, -0.05) is 13.0 Å². The van der Waals surface area contributed by atoms with Gasteiger partial charge >= 0.3 is 5.97 Å². The molecular weight excluding hydrogens is 282 g/mol. The maximum Gasteiger partial charge on any atom is 0.321 e. The average Bonchev–Trinajstić information content (AvgIpc) is 2.38. The highest BCUT2D eigenvalue weighted by molar-refractivity contribution is 7.89. The van der Waals surface area contributed by atoms with Crippen LogP contribution in [0.1, 0.15) is 20.3 Å². The zero-order valence-corrected chi connectivity index (χ0v) is 12.4. The highest BCUT2D eigenvalue weighted by Crippen LogP contribution is 2.20. The molecule has 0 radical (unpaired) electrons. The summed E-state index contributed by atoms with van der Waals surface area (Å²) in [5, 5.41) is 9.38. The average molecular weight is 301 g/mol. The van der Waals surface area contributed by atoms with Gasteiger partial charge < -0.3 is 9.84 Å². The van der Waals surface area contributed by atoms with Crippen molar-refractivity contribution in [3.63, 3.8) is 0 Å². The van der Waals surface area contributed by atoms with Gasteiger partial charge in [-0.3, -0.25) is 4.79 Å². The molecule has 0 fully saturated rings. The zero-order chi connectivity index (χ0) is 15.2. The van der Waals surface area contributed by atoms with Crippen molar-refractivity contribution in [2.75, 3.05) is 19.7 Å². The first kappa shape index (κ1) is 16.5. The van der Waals surface area contributed by atoms with Crippen LogP contribution in [0.4, 0.5) is 0 Å². The van der Waals surface area contributed by atoms with Crippen LogP contribution in [0.15, 0.2) is 29.2 Å². The Bertz CT molecular complexity index is 556. The number of ether oxygens (including phenoxy) is 1. The first-order chi connectivity index (χ1) is 9.41.